The van der Waals surface area contributed by atoms with Gasteiger partial charge in [0.1, 0.15) is 17.3 Å². The first-order valence-electron chi connectivity index (χ1n) is 13.9. The van der Waals surface area contributed by atoms with Crippen molar-refractivity contribution < 1.29 is 18.7 Å². The summed E-state index contributed by atoms with van der Waals surface area (Å²) >= 11 is 0. The molecule has 5 aliphatic rings. The molecule has 3 fully saturated rings. The zero-order valence-corrected chi connectivity index (χ0v) is 21.7. The second-order valence-corrected chi connectivity index (χ2v) is 12.1. The lowest BCUT2D eigenvalue weighted by molar-refractivity contribution is -0.000726. The summed E-state index contributed by atoms with van der Waals surface area (Å²) in [7, 11) is 1.63. The van der Waals surface area contributed by atoms with E-state index in [0.717, 1.165) is 81.3 Å². The van der Waals surface area contributed by atoms with Gasteiger partial charge in [-0.3, -0.25) is 4.79 Å². The van der Waals surface area contributed by atoms with Crippen molar-refractivity contribution in [1.29, 1.82) is 0 Å². The SMILES string of the molecule is COc1ccc(F)c(N2CCC3(CC2)CC(CN2CCC4(CC2)COc2cc5c(cc24)CNC5=O)C3)c1. The van der Waals surface area contributed by atoms with Crippen molar-refractivity contribution in [3.05, 3.63) is 52.8 Å². The molecular weight excluding hydrogens is 469 g/mol. The maximum Gasteiger partial charge on any atom is 0.252 e. The van der Waals surface area contributed by atoms with Crippen LogP contribution < -0.4 is 19.7 Å². The number of piperidine rings is 2. The van der Waals surface area contributed by atoms with E-state index in [0.29, 0.717) is 23.4 Å². The number of halogens is 1. The molecule has 1 N–H and O–H groups in total. The maximum atomic E-state index is 14.4. The fraction of sp³-hybridized carbons (Fsp3) is 0.567. The lowest BCUT2D eigenvalue weighted by Gasteiger charge is -2.54. The summed E-state index contributed by atoms with van der Waals surface area (Å²) in [6.07, 6.45) is 7.17. The van der Waals surface area contributed by atoms with E-state index < -0.39 is 0 Å². The molecule has 37 heavy (non-hydrogen) atoms. The van der Waals surface area contributed by atoms with Crippen molar-refractivity contribution in [3.8, 4) is 11.5 Å². The van der Waals surface area contributed by atoms with Gasteiger partial charge in [0.05, 0.1) is 19.4 Å². The second kappa shape index (κ2) is 8.62. The largest absolute Gasteiger partial charge is 0.497 e. The number of fused-ring (bicyclic) bond motifs is 3. The molecule has 7 heteroatoms. The zero-order chi connectivity index (χ0) is 25.2. The highest BCUT2D eigenvalue weighted by molar-refractivity contribution is 5.99. The summed E-state index contributed by atoms with van der Waals surface area (Å²) in [5, 5.41) is 2.94. The Hall–Kier alpha value is -2.80. The molecule has 4 aliphatic heterocycles. The smallest absolute Gasteiger partial charge is 0.252 e. The predicted molar refractivity (Wildman–Crippen MR) is 140 cm³/mol. The molecule has 1 amide bonds. The molecule has 0 radical (unpaired) electrons. The van der Waals surface area contributed by atoms with Crippen LogP contribution in [-0.4, -0.2) is 57.2 Å². The molecule has 7 rings (SSSR count). The monoisotopic (exact) mass is 505 g/mol. The zero-order valence-electron chi connectivity index (χ0n) is 21.7. The molecule has 2 aromatic carbocycles. The number of benzene rings is 2. The quantitative estimate of drug-likeness (QED) is 0.663. The number of hydrogen-bond donors (Lipinski definition) is 1. The van der Waals surface area contributed by atoms with E-state index in [1.807, 2.05) is 12.1 Å². The van der Waals surface area contributed by atoms with Crippen LogP contribution in [0.2, 0.25) is 0 Å². The Morgan fingerprint density at radius 1 is 1.08 bits per heavy atom. The lowest BCUT2D eigenvalue weighted by atomic mass is 9.57. The van der Waals surface area contributed by atoms with Gasteiger partial charge < -0.3 is 24.6 Å². The van der Waals surface area contributed by atoms with E-state index in [1.165, 1.54) is 31.0 Å². The van der Waals surface area contributed by atoms with Crippen molar-refractivity contribution in [2.75, 3.05) is 51.3 Å². The number of ether oxygens (including phenoxy) is 2. The van der Waals surface area contributed by atoms with Crippen LogP contribution in [0, 0.1) is 17.2 Å². The number of carbonyl (C=O) groups excluding carboxylic acids is 1. The van der Waals surface area contributed by atoms with Gasteiger partial charge in [-0.2, -0.15) is 0 Å². The molecule has 4 heterocycles. The van der Waals surface area contributed by atoms with Gasteiger partial charge in [-0.15, -0.1) is 0 Å². The fourth-order valence-corrected chi connectivity index (χ4v) is 7.81. The average Bonchev–Trinajstić information content (AvgIpc) is 3.44. The van der Waals surface area contributed by atoms with Gasteiger partial charge in [0.25, 0.3) is 5.91 Å². The summed E-state index contributed by atoms with van der Waals surface area (Å²) in [5.41, 5.74) is 4.47. The Kier molecular flexibility index (Phi) is 5.43. The number of rotatable bonds is 4. The Morgan fingerprint density at radius 2 is 1.86 bits per heavy atom. The highest BCUT2D eigenvalue weighted by Gasteiger charge is 2.48. The maximum absolute atomic E-state index is 14.4. The van der Waals surface area contributed by atoms with E-state index in [4.69, 9.17) is 9.47 Å². The Labute approximate surface area is 218 Å². The van der Waals surface area contributed by atoms with Crippen molar-refractivity contribution in [2.24, 2.45) is 11.3 Å². The number of nitrogens with one attached hydrogen (secondary N) is 1. The molecule has 0 bridgehead atoms. The van der Waals surface area contributed by atoms with Crippen LogP contribution in [0.5, 0.6) is 11.5 Å². The molecule has 6 nitrogen and oxygen atoms in total. The number of methoxy groups -OCH3 is 1. The van der Waals surface area contributed by atoms with Gasteiger partial charge in [0.2, 0.25) is 0 Å². The van der Waals surface area contributed by atoms with Crippen molar-refractivity contribution in [2.45, 2.75) is 50.5 Å². The predicted octanol–water partition coefficient (Wildman–Crippen LogP) is 4.50. The molecule has 2 saturated heterocycles. The van der Waals surface area contributed by atoms with Crippen LogP contribution in [0.4, 0.5) is 10.1 Å². The third-order valence-corrected chi connectivity index (χ3v) is 10.1. The normalized spacial score (nSPS) is 23.9. The molecule has 2 aromatic rings. The fourth-order valence-electron chi connectivity index (χ4n) is 7.81. The molecular formula is C30H36FN3O3. The number of anilines is 1. The van der Waals surface area contributed by atoms with Crippen molar-refractivity contribution in [1.82, 2.24) is 10.2 Å². The first-order chi connectivity index (χ1) is 18.0. The summed E-state index contributed by atoms with van der Waals surface area (Å²) < 4.78 is 25.9. The van der Waals surface area contributed by atoms with Crippen LogP contribution in [-0.2, 0) is 12.0 Å². The van der Waals surface area contributed by atoms with Crippen LogP contribution in [0.3, 0.4) is 0 Å². The lowest BCUT2D eigenvalue weighted by Crippen LogP contribution is -2.51. The van der Waals surface area contributed by atoms with Crippen LogP contribution in [0.15, 0.2) is 30.3 Å². The van der Waals surface area contributed by atoms with Gasteiger partial charge >= 0.3 is 0 Å². The van der Waals surface area contributed by atoms with Gasteiger partial charge in [-0.25, -0.2) is 4.39 Å². The Morgan fingerprint density at radius 3 is 2.62 bits per heavy atom. The minimum atomic E-state index is -0.157. The van der Waals surface area contributed by atoms with Crippen LogP contribution in [0.1, 0.15) is 60.0 Å². The molecule has 0 aromatic heterocycles. The first kappa shape index (κ1) is 23.3. The number of amides is 1. The third-order valence-electron chi connectivity index (χ3n) is 10.1. The van der Waals surface area contributed by atoms with E-state index >= 15 is 0 Å². The summed E-state index contributed by atoms with van der Waals surface area (Å²) in [5.74, 6) is 2.28. The summed E-state index contributed by atoms with van der Waals surface area (Å²) in [6, 6.07) is 9.24. The second-order valence-electron chi connectivity index (χ2n) is 12.1. The minimum absolute atomic E-state index is 0.0218. The minimum Gasteiger partial charge on any atom is -0.497 e. The molecule has 0 atom stereocenters. The third kappa shape index (κ3) is 3.89. The van der Waals surface area contributed by atoms with Gasteiger partial charge in [0, 0.05) is 48.8 Å². The van der Waals surface area contributed by atoms with Crippen LogP contribution >= 0.6 is 0 Å². The number of nitrogens with zero attached hydrogens (tertiary/aromatic N) is 2. The standard InChI is InChI=1S/C30H36FN3O3/c1-36-22-2-3-25(31)26(13-22)34-10-4-29(5-11-34)15-20(16-29)18-33-8-6-30(7-9-33)19-37-27-14-23-21(12-24(27)30)17-32-28(23)35/h2-3,12-14,20H,4-11,15-19H2,1H3,(H,32,35). The van der Waals surface area contributed by atoms with Gasteiger partial charge in [-0.1, -0.05) is 0 Å². The van der Waals surface area contributed by atoms with Gasteiger partial charge in [0.15, 0.2) is 0 Å². The number of hydrogen-bond acceptors (Lipinski definition) is 5. The molecule has 2 spiro atoms. The molecule has 1 saturated carbocycles. The highest BCUT2D eigenvalue weighted by Crippen LogP contribution is 2.54. The Balaban J connectivity index is 0.920. The van der Waals surface area contributed by atoms with E-state index in [1.54, 1.807) is 13.2 Å². The summed E-state index contributed by atoms with van der Waals surface area (Å²) in [6.45, 7) is 6.66. The van der Waals surface area contributed by atoms with Crippen LogP contribution in [0.25, 0.3) is 0 Å². The topological polar surface area (TPSA) is 54.0 Å². The van der Waals surface area contributed by atoms with E-state index in [9.17, 15) is 9.18 Å². The first-order valence-corrected chi connectivity index (χ1v) is 13.9. The highest BCUT2D eigenvalue weighted by atomic mass is 19.1. The van der Waals surface area contributed by atoms with Crippen molar-refractivity contribution >= 4 is 11.6 Å². The number of carbonyl (C=O) groups is 1. The van der Waals surface area contributed by atoms with Crippen molar-refractivity contribution in [3.63, 3.8) is 0 Å². The van der Waals surface area contributed by atoms with E-state index in [2.05, 4.69) is 21.2 Å². The average molecular weight is 506 g/mol. The number of likely N-dealkylation sites (tertiary alicyclic amines) is 1. The molecule has 0 unspecified atom stereocenters. The summed E-state index contributed by atoms with van der Waals surface area (Å²) in [4.78, 5) is 16.9. The van der Waals surface area contributed by atoms with Gasteiger partial charge in [-0.05, 0) is 92.8 Å². The molecule has 1 aliphatic carbocycles. The van der Waals surface area contributed by atoms with E-state index in [-0.39, 0.29) is 17.1 Å². The molecule has 196 valence electrons. The Bertz CT molecular complexity index is 1220.